The molecular weight excluding hydrogens is 256 g/mol. The van der Waals surface area contributed by atoms with Crippen LogP contribution in [0.1, 0.15) is 19.4 Å². The molecule has 1 aliphatic heterocycles. The fourth-order valence-electron chi connectivity index (χ4n) is 2.33. The van der Waals surface area contributed by atoms with E-state index in [-0.39, 0.29) is 0 Å². The number of morpholine rings is 1. The van der Waals surface area contributed by atoms with Gasteiger partial charge in [0.2, 0.25) is 0 Å². The van der Waals surface area contributed by atoms with Crippen LogP contribution in [0, 0.1) is 6.92 Å². The van der Waals surface area contributed by atoms with Crippen molar-refractivity contribution in [3.8, 4) is 0 Å². The van der Waals surface area contributed by atoms with E-state index in [4.69, 9.17) is 10.5 Å². The topological polar surface area (TPSA) is 38.5 Å². The molecule has 1 heterocycles. The number of hydrogen-bond acceptors (Lipinski definition) is 4. The van der Waals surface area contributed by atoms with Crippen LogP contribution in [0.25, 0.3) is 0 Å². The van der Waals surface area contributed by atoms with E-state index in [1.807, 2.05) is 23.9 Å². The molecule has 4 heteroatoms. The SMILES string of the molecule is Cc1cc(N)ccc1SCC1CN(C(C)C)CCO1. The average Bonchev–Trinajstić information content (AvgIpc) is 2.38. The van der Waals surface area contributed by atoms with E-state index in [2.05, 4.69) is 31.7 Å². The zero-order chi connectivity index (χ0) is 13.8. The highest BCUT2D eigenvalue weighted by atomic mass is 32.2. The van der Waals surface area contributed by atoms with E-state index in [1.54, 1.807) is 0 Å². The Hall–Kier alpha value is -0.710. The second-order valence-corrected chi connectivity index (χ2v) is 6.48. The van der Waals surface area contributed by atoms with E-state index in [1.165, 1.54) is 10.5 Å². The first kappa shape index (κ1) is 14.7. The highest BCUT2D eigenvalue weighted by Gasteiger charge is 2.22. The quantitative estimate of drug-likeness (QED) is 0.680. The molecule has 0 aromatic heterocycles. The van der Waals surface area contributed by atoms with Gasteiger partial charge in [0, 0.05) is 35.5 Å². The number of thioether (sulfide) groups is 1. The van der Waals surface area contributed by atoms with Gasteiger partial charge in [0.1, 0.15) is 0 Å². The number of hydrogen-bond donors (Lipinski definition) is 1. The Morgan fingerprint density at radius 2 is 2.26 bits per heavy atom. The number of nitrogens with two attached hydrogens (primary N) is 1. The Kier molecular flexibility index (Phi) is 5.13. The van der Waals surface area contributed by atoms with Crippen molar-refractivity contribution in [3.63, 3.8) is 0 Å². The number of nitrogen functional groups attached to an aromatic ring is 1. The maximum atomic E-state index is 5.86. The van der Waals surface area contributed by atoms with Gasteiger partial charge in [0.05, 0.1) is 12.7 Å². The van der Waals surface area contributed by atoms with Crippen molar-refractivity contribution in [2.75, 3.05) is 31.2 Å². The Morgan fingerprint density at radius 3 is 2.95 bits per heavy atom. The number of anilines is 1. The van der Waals surface area contributed by atoms with Crippen molar-refractivity contribution >= 4 is 17.4 Å². The molecule has 0 spiro atoms. The Labute approximate surface area is 120 Å². The third kappa shape index (κ3) is 4.13. The molecule has 1 aromatic carbocycles. The van der Waals surface area contributed by atoms with Crippen molar-refractivity contribution in [1.82, 2.24) is 4.90 Å². The van der Waals surface area contributed by atoms with Crippen LogP contribution in [-0.4, -0.2) is 42.5 Å². The minimum absolute atomic E-state index is 0.332. The molecule has 2 N–H and O–H groups in total. The van der Waals surface area contributed by atoms with Crippen molar-refractivity contribution in [1.29, 1.82) is 0 Å². The van der Waals surface area contributed by atoms with Gasteiger partial charge in [-0.05, 0) is 44.5 Å². The van der Waals surface area contributed by atoms with Gasteiger partial charge in [-0.2, -0.15) is 0 Å². The van der Waals surface area contributed by atoms with Crippen LogP contribution in [0.5, 0.6) is 0 Å². The zero-order valence-electron chi connectivity index (χ0n) is 12.1. The average molecular weight is 280 g/mol. The van der Waals surface area contributed by atoms with Crippen LogP contribution in [0.4, 0.5) is 5.69 Å². The molecular formula is C15H24N2OS. The number of rotatable bonds is 4. The molecule has 1 atom stereocenters. The number of nitrogens with zero attached hydrogens (tertiary/aromatic N) is 1. The summed E-state index contributed by atoms with van der Waals surface area (Å²) in [6, 6.07) is 6.72. The van der Waals surface area contributed by atoms with E-state index in [9.17, 15) is 0 Å². The minimum atomic E-state index is 0.332. The maximum absolute atomic E-state index is 5.86. The van der Waals surface area contributed by atoms with Gasteiger partial charge < -0.3 is 10.5 Å². The predicted octanol–water partition coefficient (Wildman–Crippen LogP) is 2.78. The highest BCUT2D eigenvalue weighted by Crippen LogP contribution is 2.26. The fraction of sp³-hybridized carbons (Fsp3) is 0.600. The normalized spacial score (nSPS) is 20.9. The number of ether oxygens (including phenoxy) is 1. The summed E-state index contributed by atoms with van der Waals surface area (Å²) in [6.45, 7) is 9.56. The first-order chi connectivity index (χ1) is 9.06. The van der Waals surface area contributed by atoms with Crippen molar-refractivity contribution in [2.45, 2.75) is 37.8 Å². The van der Waals surface area contributed by atoms with Crippen molar-refractivity contribution in [3.05, 3.63) is 23.8 Å². The number of benzene rings is 1. The molecule has 1 aliphatic rings. The maximum Gasteiger partial charge on any atom is 0.0796 e. The van der Waals surface area contributed by atoms with Gasteiger partial charge in [-0.25, -0.2) is 0 Å². The van der Waals surface area contributed by atoms with Crippen LogP contribution < -0.4 is 5.73 Å². The molecule has 0 radical (unpaired) electrons. The lowest BCUT2D eigenvalue weighted by atomic mass is 10.2. The van der Waals surface area contributed by atoms with E-state index in [0.717, 1.165) is 31.1 Å². The third-order valence-corrected chi connectivity index (χ3v) is 4.83. The summed E-state index contributed by atoms with van der Waals surface area (Å²) in [6.07, 6.45) is 0.332. The monoisotopic (exact) mass is 280 g/mol. The molecule has 0 saturated carbocycles. The smallest absolute Gasteiger partial charge is 0.0796 e. The molecule has 1 fully saturated rings. The van der Waals surface area contributed by atoms with Gasteiger partial charge >= 0.3 is 0 Å². The van der Waals surface area contributed by atoms with Gasteiger partial charge in [0.15, 0.2) is 0 Å². The summed E-state index contributed by atoms with van der Waals surface area (Å²) >= 11 is 1.87. The van der Waals surface area contributed by atoms with Gasteiger partial charge in [-0.1, -0.05) is 0 Å². The van der Waals surface area contributed by atoms with Crippen LogP contribution >= 0.6 is 11.8 Å². The summed E-state index contributed by atoms with van der Waals surface area (Å²) < 4.78 is 5.86. The summed E-state index contributed by atoms with van der Waals surface area (Å²) in [5, 5.41) is 0. The molecule has 1 saturated heterocycles. The van der Waals surface area contributed by atoms with Gasteiger partial charge in [-0.15, -0.1) is 11.8 Å². The van der Waals surface area contributed by atoms with Gasteiger partial charge in [-0.3, -0.25) is 4.90 Å². The Balaban J connectivity index is 1.88. The summed E-state index contributed by atoms with van der Waals surface area (Å²) in [4.78, 5) is 3.80. The molecule has 3 nitrogen and oxygen atoms in total. The van der Waals surface area contributed by atoms with E-state index in [0.29, 0.717) is 12.1 Å². The van der Waals surface area contributed by atoms with Crippen LogP contribution in [0.3, 0.4) is 0 Å². The molecule has 106 valence electrons. The first-order valence-electron chi connectivity index (χ1n) is 6.91. The van der Waals surface area contributed by atoms with E-state index >= 15 is 0 Å². The predicted molar refractivity (Wildman–Crippen MR) is 82.8 cm³/mol. The second-order valence-electron chi connectivity index (χ2n) is 5.42. The van der Waals surface area contributed by atoms with Crippen molar-refractivity contribution in [2.24, 2.45) is 0 Å². The van der Waals surface area contributed by atoms with Crippen LogP contribution in [-0.2, 0) is 4.74 Å². The summed E-state index contributed by atoms with van der Waals surface area (Å²) in [5.41, 5.74) is 7.86. The van der Waals surface area contributed by atoms with Gasteiger partial charge in [0.25, 0.3) is 0 Å². The van der Waals surface area contributed by atoms with Crippen LogP contribution in [0.2, 0.25) is 0 Å². The summed E-state index contributed by atoms with van der Waals surface area (Å²) in [7, 11) is 0. The molecule has 2 rings (SSSR count). The Bertz CT molecular complexity index is 423. The molecule has 0 amide bonds. The highest BCUT2D eigenvalue weighted by molar-refractivity contribution is 7.99. The lowest BCUT2D eigenvalue weighted by Gasteiger charge is -2.35. The standard InChI is InChI=1S/C15H24N2OS/c1-11(2)17-6-7-18-14(9-17)10-19-15-5-4-13(16)8-12(15)3/h4-5,8,11,14H,6-7,9-10,16H2,1-3H3. The minimum Gasteiger partial charge on any atom is -0.399 e. The largest absolute Gasteiger partial charge is 0.399 e. The van der Waals surface area contributed by atoms with Crippen LogP contribution in [0.15, 0.2) is 23.1 Å². The number of aryl methyl sites for hydroxylation is 1. The zero-order valence-corrected chi connectivity index (χ0v) is 12.9. The first-order valence-corrected chi connectivity index (χ1v) is 7.89. The molecule has 0 aliphatic carbocycles. The Morgan fingerprint density at radius 1 is 1.47 bits per heavy atom. The molecule has 1 unspecified atom stereocenters. The molecule has 19 heavy (non-hydrogen) atoms. The summed E-state index contributed by atoms with van der Waals surface area (Å²) in [5.74, 6) is 1.01. The lowest BCUT2D eigenvalue weighted by molar-refractivity contribution is -0.0265. The lowest BCUT2D eigenvalue weighted by Crippen LogP contribution is -2.46. The third-order valence-electron chi connectivity index (χ3n) is 3.52. The molecule has 1 aromatic rings. The molecule has 0 bridgehead atoms. The second kappa shape index (κ2) is 6.64. The van der Waals surface area contributed by atoms with Crippen molar-refractivity contribution < 1.29 is 4.74 Å². The fourth-order valence-corrected chi connectivity index (χ4v) is 3.35. The van der Waals surface area contributed by atoms with E-state index < -0.39 is 0 Å².